The fourth-order valence-electron chi connectivity index (χ4n) is 3.76. The maximum atomic E-state index is 12.9. The van der Waals surface area contributed by atoms with Crippen LogP contribution in [0, 0.1) is 0 Å². The number of aromatic nitrogens is 2. The largest absolute Gasteiger partial charge is 0.464 e. The smallest absolute Gasteiger partial charge is 0.416 e. The van der Waals surface area contributed by atoms with E-state index in [9.17, 15) is 18.0 Å². The first-order valence-electron chi connectivity index (χ1n) is 10.4. The first-order chi connectivity index (χ1) is 15.3. The molecule has 1 N–H and O–H groups in total. The normalized spacial score (nSPS) is 16.1. The van der Waals surface area contributed by atoms with Crippen LogP contribution in [-0.4, -0.2) is 39.3 Å². The number of carbonyl (C=O) groups excluding carboxylic acids is 1. The third kappa shape index (κ3) is 5.36. The zero-order valence-corrected chi connectivity index (χ0v) is 18.3. The number of hydrogen-bond donors (Lipinski definition) is 1. The minimum atomic E-state index is -4.45. The molecule has 1 fully saturated rings. The van der Waals surface area contributed by atoms with E-state index >= 15 is 0 Å². The highest BCUT2D eigenvalue weighted by atomic mass is 32.1. The first kappa shape index (κ1) is 22.5. The van der Waals surface area contributed by atoms with Gasteiger partial charge >= 0.3 is 6.18 Å². The fraction of sp³-hybridized carbons (Fsp3) is 0.409. The molecule has 0 radical (unpaired) electrons. The lowest BCUT2D eigenvalue weighted by molar-refractivity contribution is -0.137. The van der Waals surface area contributed by atoms with Crippen molar-refractivity contribution in [2.45, 2.75) is 44.8 Å². The van der Waals surface area contributed by atoms with E-state index in [1.807, 2.05) is 0 Å². The number of piperidine rings is 1. The van der Waals surface area contributed by atoms with Crippen LogP contribution in [0.25, 0.3) is 11.3 Å². The number of rotatable bonds is 6. The summed E-state index contributed by atoms with van der Waals surface area (Å²) in [6.45, 7) is 4.33. The first-order valence-corrected chi connectivity index (χ1v) is 11.2. The minimum absolute atomic E-state index is 0.176. The monoisotopic (exact) mass is 464 g/mol. The van der Waals surface area contributed by atoms with E-state index in [0.717, 1.165) is 36.8 Å². The standard InChI is InChI=1S/C22H23F3N4O2S/c1-14(29-8-3-2-4-9-29)10-19-26-21(32-28-19)27-20(30)16-12-18(31-13-16)15-6-5-7-17(11-15)22(23,24)25/h5-7,11-14H,2-4,8-10H2,1H3,(H,26,27,28,30). The van der Waals surface area contributed by atoms with E-state index < -0.39 is 17.6 Å². The lowest BCUT2D eigenvalue weighted by Gasteiger charge is -2.31. The Balaban J connectivity index is 1.39. The Morgan fingerprint density at radius 2 is 2.03 bits per heavy atom. The molecule has 3 heterocycles. The summed E-state index contributed by atoms with van der Waals surface area (Å²) in [6, 6.07) is 6.51. The number of benzene rings is 1. The average molecular weight is 465 g/mol. The van der Waals surface area contributed by atoms with Gasteiger partial charge in [-0.05, 0) is 51.1 Å². The number of anilines is 1. The highest BCUT2D eigenvalue weighted by molar-refractivity contribution is 7.09. The van der Waals surface area contributed by atoms with Crippen LogP contribution >= 0.6 is 11.5 Å². The maximum absolute atomic E-state index is 12.9. The number of carbonyl (C=O) groups is 1. The third-order valence-corrected chi connectivity index (χ3v) is 6.18. The van der Waals surface area contributed by atoms with E-state index in [1.165, 1.54) is 43.7 Å². The molecular weight excluding hydrogens is 441 g/mol. The van der Waals surface area contributed by atoms with Crippen LogP contribution in [0.4, 0.5) is 18.3 Å². The van der Waals surface area contributed by atoms with Crippen molar-refractivity contribution in [3.8, 4) is 11.3 Å². The molecule has 0 spiro atoms. The zero-order valence-electron chi connectivity index (χ0n) is 17.5. The lowest BCUT2D eigenvalue weighted by Crippen LogP contribution is -2.38. The summed E-state index contributed by atoms with van der Waals surface area (Å²) in [6.07, 6.45) is 1.16. The SMILES string of the molecule is CC(Cc1nsc(NC(=O)c2coc(-c3cccc(C(F)(F)F)c3)c2)n1)N1CCCCC1. The highest BCUT2D eigenvalue weighted by Crippen LogP contribution is 2.32. The van der Waals surface area contributed by atoms with Gasteiger partial charge < -0.3 is 9.32 Å². The van der Waals surface area contributed by atoms with Gasteiger partial charge in [0.05, 0.1) is 11.1 Å². The van der Waals surface area contributed by atoms with Crippen LogP contribution in [-0.2, 0) is 12.6 Å². The molecule has 4 rings (SSSR count). The molecule has 1 atom stereocenters. The molecule has 3 aromatic rings. The van der Waals surface area contributed by atoms with Gasteiger partial charge in [0.1, 0.15) is 17.8 Å². The molecule has 2 aromatic heterocycles. The second-order valence-electron chi connectivity index (χ2n) is 7.90. The van der Waals surface area contributed by atoms with Gasteiger partial charge in [-0.2, -0.15) is 17.5 Å². The molecule has 1 aromatic carbocycles. The van der Waals surface area contributed by atoms with Crippen molar-refractivity contribution in [3.63, 3.8) is 0 Å². The summed E-state index contributed by atoms with van der Waals surface area (Å²) in [7, 11) is 0. The summed E-state index contributed by atoms with van der Waals surface area (Å²) in [4.78, 5) is 19.4. The topological polar surface area (TPSA) is 71.3 Å². The number of nitrogens with one attached hydrogen (secondary N) is 1. The Morgan fingerprint density at radius 1 is 1.25 bits per heavy atom. The van der Waals surface area contributed by atoms with Crippen molar-refractivity contribution >= 4 is 22.6 Å². The van der Waals surface area contributed by atoms with Crippen molar-refractivity contribution < 1.29 is 22.4 Å². The van der Waals surface area contributed by atoms with Gasteiger partial charge in [-0.1, -0.05) is 18.6 Å². The zero-order chi connectivity index (χ0) is 22.7. The molecule has 1 aliphatic rings. The summed E-state index contributed by atoms with van der Waals surface area (Å²) in [5.41, 5.74) is -0.350. The molecule has 1 unspecified atom stereocenters. The molecule has 1 amide bonds. The fourth-order valence-corrected chi connectivity index (χ4v) is 4.36. The second kappa shape index (κ2) is 9.41. The van der Waals surface area contributed by atoms with Gasteiger partial charge in [0.2, 0.25) is 5.13 Å². The van der Waals surface area contributed by atoms with Crippen molar-refractivity contribution in [2.24, 2.45) is 0 Å². The van der Waals surface area contributed by atoms with Crippen LogP contribution < -0.4 is 5.32 Å². The number of halogens is 3. The Morgan fingerprint density at radius 3 is 2.78 bits per heavy atom. The van der Waals surface area contributed by atoms with Crippen LogP contribution in [0.15, 0.2) is 41.0 Å². The van der Waals surface area contributed by atoms with E-state index in [1.54, 1.807) is 0 Å². The summed E-state index contributed by atoms with van der Waals surface area (Å²) in [5.74, 6) is 0.397. The third-order valence-electron chi connectivity index (χ3n) is 5.52. The number of nitrogens with zero attached hydrogens (tertiary/aromatic N) is 3. The Bertz CT molecular complexity index is 1070. The van der Waals surface area contributed by atoms with Gasteiger partial charge in [-0.15, -0.1) is 0 Å². The summed E-state index contributed by atoms with van der Waals surface area (Å²) < 4.78 is 48.5. The van der Waals surface area contributed by atoms with Gasteiger partial charge in [-0.3, -0.25) is 10.1 Å². The van der Waals surface area contributed by atoms with E-state index in [-0.39, 0.29) is 16.9 Å². The molecule has 32 heavy (non-hydrogen) atoms. The van der Waals surface area contributed by atoms with Gasteiger partial charge in [-0.25, -0.2) is 4.98 Å². The van der Waals surface area contributed by atoms with Crippen molar-refractivity contribution in [2.75, 3.05) is 18.4 Å². The number of amides is 1. The molecule has 6 nitrogen and oxygen atoms in total. The Hall–Kier alpha value is -2.72. The number of likely N-dealkylation sites (tertiary alicyclic amines) is 1. The Labute approximate surface area is 187 Å². The summed E-state index contributed by atoms with van der Waals surface area (Å²) in [5, 5.41) is 3.06. The molecule has 1 aliphatic heterocycles. The molecule has 0 aliphatic carbocycles. The molecular formula is C22H23F3N4O2S. The van der Waals surface area contributed by atoms with Crippen molar-refractivity contribution in [1.29, 1.82) is 0 Å². The van der Waals surface area contributed by atoms with Crippen LogP contribution in [0.3, 0.4) is 0 Å². The predicted octanol–water partition coefficient (Wildman–Crippen LogP) is 5.49. The van der Waals surface area contributed by atoms with Crippen LogP contribution in [0.2, 0.25) is 0 Å². The molecule has 10 heteroatoms. The van der Waals surface area contributed by atoms with Gasteiger partial charge in [0.25, 0.3) is 5.91 Å². The molecule has 1 saturated heterocycles. The van der Waals surface area contributed by atoms with Crippen molar-refractivity contribution in [1.82, 2.24) is 14.3 Å². The van der Waals surface area contributed by atoms with E-state index in [0.29, 0.717) is 23.4 Å². The lowest BCUT2D eigenvalue weighted by atomic mass is 10.1. The molecule has 170 valence electrons. The number of furan rings is 1. The molecule has 0 bridgehead atoms. The predicted molar refractivity (Wildman–Crippen MR) is 116 cm³/mol. The Kier molecular flexibility index (Phi) is 6.61. The van der Waals surface area contributed by atoms with E-state index in [4.69, 9.17) is 4.42 Å². The maximum Gasteiger partial charge on any atom is 0.416 e. The molecule has 0 saturated carbocycles. The van der Waals surface area contributed by atoms with Crippen LogP contribution in [0.5, 0.6) is 0 Å². The summed E-state index contributed by atoms with van der Waals surface area (Å²) >= 11 is 1.10. The number of hydrogen-bond acceptors (Lipinski definition) is 6. The highest BCUT2D eigenvalue weighted by Gasteiger charge is 2.30. The van der Waals surface area contributed by atoms with Gasteiger partial charge in [0.15, 0.2) is 0 Å². The van der Waals surface area contributed by atoms with Gasteiger partial charge in [0, 0.05) is 29.6 Å². The quantitative estimate of drug-likeness (QED) is 0.523. The van der Waals surface area contributed by atoms with Crippen LogP contribution in [0.1, 0.15) is 47.9 Å². The average Bonchev–Trinajstić information content (AvgIpc) is 3.44. The minimum Gasteiger partial charge on any atom is -0.464 e. The number of alkyl halides is 3. The van der Waals surface area contributed by atoms with Crippen molar-refractivity contribution in [3.05, 3.63) is 53.5 Å². The second-order valence-corrected chi connectivity index (χ2v) is 8.65. The van der Waals surface area contributed by atoms with E-state index in [2.05, 4.69) is 26.5 Å².